The van der Waals surface area contributed by atoms with Crippen molar-refractivity contribution < 1.29 is 18.8 Å². The Morgan fingerprint density at radius 3 is 2.16 bits per heavy atom. The average molecular weight is 423 g/mol. The van der Waals surface area contributed by atoms with Crippen molar-refractivity contribution >= 4 is 18.5 Å². The summed E-state index contributed by atoms with van der Waals surface area (Å²) in [5.41, 5.74) is 1.99. The molecule has 1 fully saturated rings. The zero-order chi connectivity index (χ0) is 22.6. The third-order valence-electron chi connectivity index (χ3n) is 6.30. The second-order valence-electron chi connectivity index (χ2n) is 8.97. The van der Waals surface area contributed by atoms with Gasteiger partial charge in [0, 0.05) is 18.7 Å². The van der Waals surface area contributed by atoms with E-state index in [0.29, 0.717) is 25.4 Å². The number of ether oxygens (including phenoxy) is 1. The highest BCUT2D eigenvalue weighted by molar-refractivity contribution is 6.62. The Kier molecular flexibility index (Phi) is 7.12. The zero-order valence-electron chi connectivity index (χ0n) is 19.6. The number of benzene rings is 2. The number of likely N-dealkylation sites (N-methyl/N-ethyl adjacent to an activating group) is 1. The van der Waals surface area contributed by atoms with Crippen LogP contribution < -0.4 is 10.2 Å². The van der Waals surface area contributed by atoms with Gasteiger partial charge in [0.05, 0.1) is 17.6 Å². The molecule has 0 aromatic heterocycles. The van der Waals surface area contributed by atoms with Crippen molar-refractivity contribution in [3.63, 3.8) is 0 Å². The molecule has 3 rings (SSSR count). The third kappa shape index (κ3) is 5.31. The van der Waals surface area contributed by atoms with Crippen LogP contribution in [0.25, 0.3) is 0 Å². The quantitative estimate of drug-likeness (QED) is 0.603. The van der Waals surface area contributed by atoms with Crippen molar-refractivity contribution in [2.45, 2.75) is 65.8 Å². The van der Waals surface area contributed by atoms with Gasteiger partial charge < -0.3 is 18.9 Å². The van der Waals surface area contributed by atoms with Gasteiger partial charge >= 0.3 is 7.12 Å². The number of hydrogen-bond acceptors (Lipinski definition) is 4. The van der Waals surface area contributed by atoms with Crippen LogP contribution in [0.3, 0.4) is 0 Å². The molecule has 5 nitrogen and oxygen atoms in total. The number of rotatable bonds is 8. The molecule has 0 unspecified atom stereocenters. The number of nitrogens with zero attached hydrogens (tertiary/aromatic N) is 1. The van der Waals surface area contributed by atoms with Gasteiger partial charge in [0.25, 0.3) is 0 Å². The van der Waals surface area contributed by atoms with Crippen molar-refractivity contribution in [2.75, 3.05) is 13.1 Å². The van der Waals surface area contributed by atoms with E-state index in [0.717, 1.165) is 16.6 Å². The summed E-state index contributed by atoms with van der Waals surface area (Å²) in [5, 5.41) is 0. The molecule has 0 atom stereocenters. The van der Waals surface area contributed by atoms with E-state index in [1.807, 2.05) is 95.0 Å². The minimum atomic E-state index is -0.476. The molecule has 2 aromatic rings. The van der Waals surface area contributed by atoms with E-state index in [1.54, 1.807) is 0 Å². The molecule has 1 aliphatic heterocycles. The molecular weight excluding hydrogens is 389 g/mol. The van der Waals surface area contributed by atoms with Crippen LogP contribution in [0, 0.1) is 0 Å². The maximum absolute atomic E-state index is 12.8. The summed E-state index contributed by atoms with van der Waals surface area (Å²) in [4.78, 5) is 14.7. The third-order valence-corrected chi connectivity index (χ3v) is 6.30. The van der Waals surface area contributed by atoms with Gasteiger partial charge in [-0.15, -0.1) is 0 Å². The molecule has 2 aromatic carbocycles. The van der Waals surface area contributed by atoms with Crippen molar-refractivity contribution in [3.05, 3.63) is 59.7 Å². The fourth-order valence-corrected chi connectivity index (χ4v) is 3.59. The van der Waals surface area contributed by atoms with Crippen molar-refractivity contribution in [2.24, 2.45) is 0 Å². The lowest BCUT2D eigenvalue weighted by molar-refractivity contribution is -0.130. The maximum Gasteiger partial charge on any atom is 0.494 e. The molecular formula is C25H34BNO4. The molecule has 6 heteroatoms. The van der Waals surface area contributed by atoms with Crippen molar-refractivity contribution in [1.29, 1.82) is 0 Å². The minimum absolute atomic E-state index is 0.0839. The summed E-state index contributed by atoms with van der Waals surface area (Å²) in [7, 11) is -0.476. The summed E-state index contributed by atoms with van der Waals surface area (Å²) in [5.74, 6) is 0.797. The van der Waals surface area contributed by atoms with Gasteiger partial charge in [-0.2, -0.15) is 0 Å². The van der Waals surface area contributed by atoms with Crippen LogP contribution >= 0.6 is 0 Å². The van der Waals surface area contributed by atoms with Crippen LogP contribution in [0.5, 0.6) is 5.75 Å². The maximum atomic E-state index is 12.8. The Morgan fingerprint density at radius 2 is 1.58 bits per heavy atom. The molecule has 1 heterocycles. The van der Waals surface area contributed by atoms with Crippen LogP contribution in [0.4, 0.5) is 0 Å². The molecule has 1 amide bonds. The van der Waals surface area contributed by atoms with Gasteiger partial charge in [-0.05, 0) is 58.6 Å². The van der Waals surface area contributed by atoms with Crippen LogP contribution in [-0.4, -0.2) is 42.2 Å². The largest absolute Gasteiger partial charge is 0.494 e. The van der Waals surface area contributed by atoms with Crippen molar-refractivity contribution in [3.8, 4) is 5.75 Å². The molecule has 0 radical (unpaired) electrons. The normalized spacial score (nSPS) is 16.9. The van der Waals surface area contributed by atoms with Gasteiger partial charge in [-0.25, -0.2) is 0 Å². The summed E-state index contributed by atoms with van der Waals surface area (Å²) in [6.45, 7) is 14.0. The van der Waals surface area contributed by atoms with Gasteiger partial charge in [0.15, 0.2) is 0 Å². The van der Waals surface area contributed by atoms with E-state index >= 15 is 0 Å². The summed E-state index contributed by atoms with van der Waals surface area (Å²) in [6, 6.07) is 15.9. The molecule has 31 heavy (non-hydrogen) atoms. The fourth-order valence-electron chi connectivity index (χ4n) is 3.59. The monoisotopic (exact) mass is 423 g/mol. The SMILES string of the molecule is CCN(CC)C(=O)Cc1cc(B2OC(C)(C)C(C)(C)O2)ccc1OCc1ccccc1. The van der Waals surface area contributed by atoms with Gasteiger partial charge in [0.1, 0.15) is 12.4 Å². The second kappa shape index (κ2) is 9.45. The fraction of sp³-hybridized carbons (Fsp3) is 0.480. The Hall–Kier alpha value is -2.31. The molecule has 1 aliphatic rings. The molecule has 0 N–H and O–H groups in total. The predicted octanol–water partition coefficient (Wildman–Crippen LogP) is 3.98. The average Bonchev–Trinajstić information content (AvgIpc) is 2.96. The standard InChI is InChI=1S/C25H34BNO4/c1-7-27(8-2)23(28)17-20-16-21(26-30-24(3,4)25(5,6)31-26)14-15-22(20)29-18-19-12-10-9-11-13-19/h9-16H,7-8,17-18H2,1-6H3. The van der Waals surface area contributed by atoms with Gasteiger partial charge in [-0.1, -0.05) is 42.5 Å². The van der Waals surface area contributed by atoms with E-state index in [4.69, 9.17) is 14.0 Å². The van der Waals surface area contributed by atoms with Crippen molar-refractivity contribution in [1.82, 2.24) is 4.90 Å². The van der Waals surface area contributed by atoms with E-state index < -0.39 is 18.3 Å². The predicted molar refractivity (Wildman–Crippen MR) is 125 cm³/mol. The highest BCUT2D eigenvalue weighted by Gasteiger charge is 2.51. The molecule has 1 saturated heterocycles. The van der Waals surface area contributed by atoms with Gasteiger partial charge in [0.2, 0.25) is 5.91 Å². The van der Waals surface area contributed by atoms with E-state index in [9.17, 15) is 4.79 Å². The minimum Gasteiger partial charge on any atom is -0.489 e. The first-order chi connectivity index (χ1) is 14.7. The smallest absolute Gasteiger partial charge is 0.489 e. The lowest BCUT2D eigenvalue weighted by atomic mass is 9.78. The van der Waals surface area contributed by atoms with E-state index in [1.165, 1.54) is 0 Å². The Bertz CT molecular complexity index is 878. The molecule has 0 saturated carbocycles. The lowest BCUT2D eigenvalue weighted by Gasteiger charge is -2.32. The number of carbonyl (C=O) groups is 1. The second-order valence-corrected chi connectivity index (χ2v) is 8.97. The first-order valence-electron chi connectivity index (χ1n) is 11.1. The first kappa shape index (κ1) is 23.4. The Labute approximate surface area is 186 Å². The molecule has 166 valence electrons. The summed E-state index contributed by atoms with van der Waals surface area (Å²) < 4.78 is 18.5. The number of amides is 1. The topological polar surface area (TPSA) is 48.0 Å². The highest BCUT2D eigenvalue weighted by atomic mass is 16.7. The number of hydrogen-bond donors (Lipinski definition) is 0. The summed E-state index contributed by atoms with van der Waals surface area (Å²) in [6.07, 6.45) is 0.277. The molecule has 0 aliphatic carbocycles. The highest BCUT2D eigenvalue weighted by Crippen LogP contribution is 2.36. The summed E-state index contributed by atoms with van der Waals surface area (Å²) >= 11 is 0. The number of carbonyl (C=O) groups excluding carboxylic acids is 1. The van der Waals surface area contributed by atoms with Crippen LogP contribution in [0.2, 0.25) is 0 Å². The lowest BCUT2D eigenvalue weighted by Crippen LogP contribution is -2.41. The van der Waals surface area contributed by atoms with E-state index in [-0.39, 0.29) is 12.3 Å². The first-order valence-corrected chi connectivity index (χ1v) is 11.1. The van der Waals surface area contributed by atoms with Crippen LogP contribution in [0.1, 0.15) is 52.7 Å². The van der Waals surface area contributed by atoms with Gasteiger partial charge in [-0.3, -0.25) is 4.79 Å². The zero-order valence-corrected chi connectivity index (χ0v) is 19.6. The van der Waals surface area contributed by atoms with Crippen LogP contribution in [-0.2, 0) is 27.1 Å². The molecule has 0 bridgehead atoms. The Morgan fingerprint density at radius 1 is 0.968 bits per heavy atom. The van der Waals surface area contributed by atoms with E-state index in [2.05, 4.69) is 0 Å². The van der Waals surface area contributed by atoms with Crippen LogP contribution in [0.15, 0.2) is 48.5 Å². The Balaban J connectivity index is 1.87. The molecule has 0 spiro atoms.